The lowest BCUT2D eigenvalue weighted by atomic mass is 10.1. The number of rotatable bonds is 0. The Morgan fingerprint density at radius 2 is 2.31 bits per heavy atom. The van der Waals surface area contributed by atoms with Gasteiger partial charge in [0.05, 0.1) is 0 Å². The summed E-state index contributed by atoms with van der Waals surface area (Å²) >= 11 is 0. The van der Waals surface area contributed by atoms with Crippen molar-refractivity contribution in [3.8, 4) is 0 Å². The Hall–Kier alpha value is -0.800. The monoisotopic (exact) mass is 177 g/mol. The van der Waals surface area contributed by atoms with Gasteiger partial charge in [0.15, 0.2) is 0 Å². The second-order valence-corrected chi connectivity index (χ2v) is 3.87. The molecule has 2 aliphatic heterocycles. The molecule has 1 aromatic heterocycles. The third-order valence-corrected chi connectivity index (χ3v) is 3.10. The molecule has 1 aromatic rings. The Morgan fingerprint density at radius 1 is 1.31 bits per heavy atom. The van der Waals surface area contributed by atoms with Crippen LogP contribution in [0.5, 0.6) is 0 Å². The molecule has 3 heteroatoms. The average Bonchev–Trinajstić information content (AvgIpc) is 2.65. The van der Waals surface area contributed by atoms with Crippen molar-refractivity contribution < 1.29 is 0 Å². The molecule has 1 N–H and O–H groups in total. The standard InChI is InChI=1S/C10H15N3/c1-3-9-10-11-4-2-6-13(10)8-7-12(9)5-1/h1,3,5,10-11H,2,4,6-8H2. The fourth-order valence-corrected chi connectivity index (χ4v) is 2.43. The minimum atomic E-state index is 0.484. The van der Waals surface area contributed by atoms with Crippen LogP contribution in [0, 0.1) is 0 Å². The SMILES string of the molecule is c1cc2n(c1)CCN1CCCNC21. The summed E-state index contributed by atoms with van der Waals surface area (Å²) in [5.74, 6) is 0. The molecule has 0 amide bonds. The van der Waals surface area contributed by atoms with Gasteiger partial charge in [0, 0.05) is 31.5 Å². The Morgan fingerprint density at radius 3 is 3.31 bits per heavy atom. The van der Waals surface area contributed by atoms with Crippen molar-refractivity contribution in [1.82, 2.24) is 14.8 Å². The lowest BCUT2D eigenvalue weighted by molar-refractivity contribution is 0.0991. The molecule has 1 atom stereocenters. The van der Waals surface area contributed by atoms with E-state index >= 15 is 0 Å². The van der Waals surface area contributed by atoms with E-state index in [4.69, 9.17) is 0 Å². The van der Waals surface area contributed by atoms with Gasteiger partial charge in [-0.25, -0.2) is 0 Å². The second-order valence-electron chi connectivity index (χ2n) is 3.87. The maximum absolute atomic E-state index is 3.57. The van der Waals surface area contributed by atoms with E-state index in [1.54, 1.807) is 0 Å². The van der Waals surface area contributed by atoms with Crippen LogP contribution in [-0.2, 0) is 6.54 Å². The van der Waals surface area contributed by atoms with E-state index < -0.39 is 0 Å². The maximum Gasteiger partial charge on any atom is 0.102 e. The average molecular weight is 177 g/mol. The van der Waals surface area contributed by atoms with Crippen LogP contribution in [-0.4, -0.2) is 29.1 Å². The number of hydrogen-bond acceptors (Lipinski definition) is 2. The lowest BCUT2D eigenvalue weighted by Crippen LogP contribution is -2.49. The van der Waals surface area contributed by atoms with E-state index in [1.165, 1.54) is 25.2 Å². The summed E-state index contributed by atoms with van der Waals surface area (Å²) in [5, 5.41) is 3.57. The predicted molar refractivity (Wildman–Crippen MR) is 51.4 cm³/mol. The summed E-state index contributed by atoms with van der Waals surface area (Å²) in [6, 6.07) is 4.38. The highest BCUT2D eigenvalue weighted by Crippen LogP contribution is 2.25. The molecule has 2 aliphatic rings. The minimum Gasteiger partial charge on any atom is -0.348 e. The quantitative estimate of drug-likeness (QED) is 0.632. The molecule has 0 spiro atoms. The first-order chi connectivity index (χ1) is 6.45. The van der Waals surface area contributed by atoms with Crippen molar-refractivity contribution >= 4 is 0 Å². The van der Waals surface area contributed by atoms with E-state index in [0.29, 0.717) is 6.17 Å². The van der Waals surface area contributed by atoms with Gasteiger partial charge in [-0.3, -0.25) is 10.2 Å². The van der Waals surface area contributed by atoms with Crippen molar-refractivity contribution in [3.63, 3.8) is 0 Å². The molecule has 3 rings (SSSR count). The minimum absolute atomic E-state index is 0.484. The van der Waals surface area contributed by atoms with Crippen LogP contribution in [0.15, 0.2) is 18.3 Å². The van der Waals surface area contributed by atoms with Gasteiger partial charge in [-0.2, -0.15) is 0 Å². The predicted octanol–water partition coefficient (Wildman–Crippen LogP) is 0.796. The lowest BCUT2D eigenvalue weighted by Gasteiger charge is -2.40. The van der Waals surface area contributed by atoms with Crippen molar-refractivity contribution in [3.05, 3.63) is 24.0 Å². The Labute approximate surface area is 78.3 Å². The number of nitrogens with one attached hydrogen (secondary N) is 1. The van der Waals surface area contributed by atoms with Crippen LogP contribution in [0.2, 0.25) is 0 Å². The van der Waals surface area contributed by atoms with Gasteiger partial charge in [-0.1, -0.05) is 0 Å². The molecule has 70 valence electrons. The maximum atomic E-state index is 3.57. The molecular weight excluding hydrogens is 162 g/mol. The highest BCUT2D eigenvalue weighted by atomic mass is 15.3. The molecule has 1 fully saturated rings. The van der Waals surface area contributed by atoms with Crippen LogP contribution < -0.4 is 5.32 Å². The smallest absolute Gasteiger partial charge is 0.102 e. The number of hydrogen-bond donors (Lipinski definition) is 1. The molecule has 0 radical (unpaired) electrons. The summed E-state index contributed by atoms with van der Waals surface area (Å²) in [6.45, 7) is 4.76. The summed E-state index contributed by atoms with van der Waals surface area (Å²) < 4.78 is 2.36. The summed E-state index contributed by atoms with van der Waals surface area (Å²) in [5.41, 5.74) is 1.44. The highest BCUT2D eigenvalue weighted by Gasteiger charge is 2.28. The zero-order valence-corrected chi connectivity index (χ0v) is 7.74. The van der Waals surface area contributed by atoms with Gasteiger partial charge in [0.1, 0.15) is 6.17 Å². The first kappa shape index (κ1) is 7.59. The van der Waals surface area contributed by atoms with Crippen molar-refractivity contribution in [2.45, 2.75) is 19.1 Å². The van der Waals surface area contributed by atoms with Crippen molar-refractivity contribution in [1.29, 1.82) is 0 Å². The Balaban J connectivity index is 1.97. The van der Waals surface area contributed by atoms with E-state index in [-0.39, 0.29) is 0 Å². The zero-order chi connectivity index (χ0) is 8.67. The van der Waals surface area contributed by atoms with Crippen molar-refractivity contribution in [2.75, 3.05) is 19.6 Å². The third kappa shape index (κ3) is 1.11. The molecule has 0 saturated carbocycles. The van der Waals surface area contributed by atoms with Crippen LogP contribution in [0.25, 0.3) is 0 Å². The third-order valence-electron chi connectivity index (χ3n) is 3.10. The Kier molecular flexibility index (Phi) is 1.67. The summed E-state index contributed by atoms with van der Waals surface area (Å²) in [4.78, 5) is 2.54. The molecule has 1 saturated heterocycles. The molecule has 13 heavy (non-hydrogen) atoms. The van der Waals surface area contributed by atoms with E-state index in [0.717, 1.165) is 13.1 Å². The normalized spacial score (nSPS) is 28.2. The highest BCUT2D eigenvalue weighted by molar-refractivity contribution is 5.14. The molecule has 1 unspecified atom stereocenters. The fourth-order valence-electron chi connectivity index (χ4n) is 2.43. The van der Waals surface area contributed by atoms with Gasteiger partial charge in [-0.05, 0) is 25.1 Å². The molecular formula is C10H15N3. The number of nitrogens with zero attached hydrogens (tertiary/aromatic N) is 2. The van der Waals surface area contributed by atoms with E-state index in [2.05, 4.69) is 33.1 Å². The topological polar surface area (TPSA) is 20.2 Å². The summed E-state index contributed by atoms with van der Waals surface area (Å²) in [6.07, 6.45) is 3.96. The van der Waals surface area contributed by atoms with Gasteiger partial charge >= 0.3 is 0 Å². The Bertz CT molecular complexity index is 305. The van der Waals surface area contributed by atoms with Gasteiger partial charge < -0.3 is 4.57 Å². The van der Waals surface area contributed by atoms with Gasteiger partial charge in [0.2, 0.25) is 0 Å². The van der Waals surface area contributed by atoms with Crippen LogP contribution >= 0.6 is 0 Å². The van der Waals surface area contributed by atoms with Gasteiger partial charge in [0.25, 0.3) is 0 Å². The van der Waals surface area contributed by atoms with Crippen molar-refractivity contribution in [2.24, 2.45) is 0 Å². The molecule has 0 aromatic carbocycles. The van der Waals surface area contributed by atoms with Crippen LogP contribution in [0.1, 0.15) is 18.3 Å². The van der Waals surface area contributed by atoms with Crippen LogP contribution in [0.4, 0.5) is 0 Å². The fraction of sp³-hybridized carbons (Fsp3) is 0.600. The van der Waals surface area contributed by atoms with E-state index in [1.807, 2.05) is 0 Å². The molecule has 0 bridgehead atoms. The summed E-state index contributed by atoms with van der Waals surface area (Å²) in [7, 11) is 0. The second kappa shape index (κ2) is 2.86. The number of aromatic nitrogens is 1. The first-order valence-electron chi connectivity index (χ1n) is 5.07. The molecule has 3 heterocycles. The van der Waals surface area contributed by atoms with Gasteiger partial charge in [-0.15, -0.1) is 0 Å². The molecule has 3 nitrogen and oxygen atoms in total. The van der Waals surface area contributed by atoms with E-state index in [9.17, 15) is 0 Å². The zero-order valence-electron chi connectivity index (χ0n) is 7.74. The molecule has 0 aliphatic carbocycles. The number of fused-ring (bicyclic) bond motifs is 3. The van der Waals surface area contributed by atoms with Crippen LogP contribution in [0.3, 0.4) is 0 Å². The first-order valence-corrected chi connectivity index (χ1v) is 5.07. The largest absolute Gasteiger partial charge is 0.348 e.